The molecule has 0 saturated carbocycles. The Morgan fingerprint density at radius 1 is 1.22 bits per heavy atom. The van der Waals surface area contributed by atoms with Crippen LogP contribution in [0.25, 0.3) is 0 Å². The molecule has 2 unspecified atom stereocenters. The van der Waals surface area contributed by atoms with Gasteiger partial charge in [0, 0.05) is 12.6 Å². The van der Waals surface area contributed by atoms with Crippen molar-refractivity contribution in [2.75, 3.05) is 6.54 Å². The van der Waals surface area contributed by atoms with Crippen molar-refractivity contribution >= 4 is 0 Å². The van der Waals surface area contributed by atoms with Crippen molar-refractivity contribution in [1.29, 1.82) is 5.26 Å². The molecule has 0 saturated heterocycles. The summed E-state index contributed by atoms with van der Waals surface area (Å²) in [6.07, 6.45) is 3.67. The van der Waals surface area contributed by atoms with Gasteiger partial charge in [0.25, 0.3) is 0 Å². The van der Waals surface area contributed by atoms with Crippen LogP contribution in [0.3, 0.4) is 0 Å². The molecule has 0 radical (unpaired) electrons. The molecule has 0 aliphatic rings. The van der Waals surface area contributed by atoms with E-state index in [1.807, 2.05) is 6.92 Å². The van der Waals surface area contributed by atoms with E-state index in [2.05, 4.69) is 49.5 Å². The zero-order valence-electron chi connectivity index (χ0n) is 11.7. The van der Waals surface area contributed by atoms with Crippen molar-refractivity contribution in [2.24, 2.45) is 5.92 Å². The average molecular weight is 244 g/mol. The molecule has 1 aromatic rings. The molecule has 0 aliphatic carbocycles. The summed E-state index contributed by atoms with van der Waals surface area (Å²) in [5.74, 6) is 0.0660. The number of nitrogens with zero attached hydrogens (tertiary/aromatic N) is 1. The zero-order valence-corrected chi connectivity index (χ0v) is 11.7. The largest absolute Gasteiger partial charge is 0.309 e. The highest BCUT2D eigenvalue weighted by Crippen LogP contribution is 2.14. The lowest BCUT2D eigenvalue weighted by molar-refractivity contribution is 0.528. The number of hydrogen-bond acceptors (Lipinski definition) is 2. The van der Waals surface area contributed by atoms with Crippen LogP contribution in [-0.2, 0) is 6.42 Å². The molecule has 18 heavy (non-hydrogen) atoms. The summed E-state index contributed by atoms with van der Waals surface area (Å²) in [4.78, 5) is 0. The van der Waals surface area contributed by atoms with Gasteiger partial charge in [0.15, 0.2) is 0 Å². The number of aryl methyl sites for hydroxylation is 1. The van der Waals surface area contributed by atoms with Crippen molar-refractivity contribution in [3.05, 3.63) is 35.4 Å². The third kappa shape index (κ3) is 4.89. The topological polar surface area (TPSA) is 35.8 Å². The first-order valence-electron chi connectivity index (χ1n) is 6.89. The Morgan fingerprint density at radius 2 is 1.89 bits per heavy atom. The van der Waals surface area contributed by atoms with Gasteiger partial charge in [-0.15, -0.1) is 0 Å². The third-order valence-corrected chi connectivity index (χ3v) is 3.25. The fourth-order valence-electron chi connectivity index (χ4n) is 1.87. The summed E-state index contributed by atoms with van der Waals surface area (Å²) in [6.45, 7) is 7.05. The van der Waals surface area contributed by atoms with Gasteiger partial charge in [0.1, 0.15) is 0 Å². The standard InChI is InChI=1S/C16H24N2/c1-4-5-6-15-7-9-16(10-8-15)14(3)18-12-13(2)11-17/h7-10,13-14,18H,4-6,12H2,1-3H3. The number of nitriles is 1. The maximum atomic E-state index is 8.75. The van der Waals surface area contributed by atoms with Crippen molar-refractivity contribution in [2.45, 2.75) is 46.1 Å². The van der Waals surface area contributed by atoms with Gasteiger partial charge < -0.3 is 5.32 Å². The molecule has 2 heteroatoms. The molecule has 1 N–H and O–H groups in total. The Morgan fingerprint density at radius 3 is 2.44 bits per heavy atom. The van der Waals surface area contributed by atoms with E-state index < -0.39 is 0 Å². The Balaban J connectivity index is 2.48. The highest BCUT2D eigenvalue weighted by atomic mass is 14.9. The highest BCUT2D eigenvalue weighted by Gasteiger charge is 2.06. The van der Waals surface area contributed by atoms with E-state index in [-0.39, 0.29) is 5.92 Å². The van der Waals surface area contributed by atoms with Gasteiger partial charge in [-0.1, -0.05) is 37.6 Å². The van der Waals surface area contributed by atoms with Crippen LogP contribution in [0.4, 0.5) is 0 Å². The van der Waals surface area contributed by atoms with Crippen LogP contribution < -0.4 is 5.32 Å². The summed E-state index contributed by atoms with van der Waals surface area (Å²) in [6, 6.07) is 11.4. The first-order valence-corrected chi connectivity index (χ1v) is 6.89. The van der Waals surface area contributed by atoms with E-state index in [1.54, 1.807) is 0 Å². The van der Waals surface area contributed by atoms with Crippen LogP contribution in [0.2, 0.25) is 0 Å². The molecule has 0 aromatic heterocycles. The van der Waals surface area contributed by atoms with Crippen molar-refractivity contribution in [3.63, 3.8) is 0 Å². The van der Waals surface area contributed by atoms with Crippen molar-refractivity contribution in [1.82, 2.24) is 5.32 Å². The second-order valence-electron chi connectivity index (χ2n) is 5.01. The molecule has 0 aliphatic heterocycles. The normalized spacial score (nSPS) is 13.9. The second-order valence-corrected chi connectivity index (χ2v) is 5.01. The maximum absolute atomic E-state index is 8.75. The van der Waals surface area contributed by atoms with Crippen LogP contribution in [-0.4, -0.2) is 6.54 Å². The van der Waals surface area contributed by atoms with E-state index in [0.29, 0.717) is 6.04 Å². The first kappa shape index (κ1) is 14.7. The quantitative estimate of drug-likeness (QED) is 0.791. The Hall–Kier alpha value is -1.33. The van der Waals surface area contributed by atoms with Crippen LogP contribution in [0.1, 0.15) is 50.8 Å². The fourth-order valence-corrected chi connectivity index (χ4v) is 1.87. The molecule has 0 spiro atoms. The van der Waals surface area contributed by atoms with Gasteiger partial charge in [0.2, 0.25) is 0 Å². The van der Waals surface area contributed by atoms with Crippen LogP contribution in [0.15, 0.2) is 24.3 Å². The van der Waals surface area contributed by atoms with Gasteiger partial charge in [-0.25, -0.2) is 0 Å². The molecule has 0 amide bonds. The van der Waals surface area contributed by atoms with Crippen LogP contribution in [0.5, 0.6) is 0 Å². The monoisotopic (exact) mass is 244 g/mol. The minimum atomic E-state index is 0.0660. The van der Waals surface area contributed by atoms with Crippen molar-refractivity contribution in [3.8, 4) is 6.07 Å². The molecule has 2 atom stereocenters. The van der Waals surface area contributed by atoms with Crippen LogP contribution >= 0.6 is 0 Å². The summed E-state index contributed by atoms with van der Waals surface area (Å²) >= 11 is 0. The van der Waals surface area contributed by atoms with Gasteiger partial charge in [-0.05, 0) is 37.8 Å². The molecule has 98 valence electrons. The van der Waals surface area contributed by atoms with E-state index in [9.17, 15) is 0 Å². The molecule has 2 nitrogen and oxygen atoms in total. The summed E-state index contributed by atoms with van der Waals surface area (Å²) in [5.41, 5.74) is 2.71. The van der Waals surface area contributed by atoms with E-state index in [4.69, 9.17) is 5.26 Å². The number of unbranched alkanes of at least 4 members (excludes halogenated alkanes) is 1. The van der Waals surface area contributed by atoms with E-state index in [1.165, 1.54) is 30.4 Å². The van der Waals surface area contributed by atoms with E-state index >= 15 is 0 Å². The predicted octanol–water partition coefficient (Wildman–Crippen LogP) is 3.84. The Bertz CT molecular complexity index is 375. The highest BCUT2D eigenvalue weighted by molar-refractivity contribution is 5.24. The fraction of sp³-hybridized carbons (Fsp3) is 0.562. The second kappa shape index (κ2) is 7.89. The molecular weight excluding hydrogens is 220 g/mol. The van der Waals surface area contributed by atoms with Crippen molar-refractivity contribution < 1.29 is 0 Å². The summed E-state index contributed by atoms with van der Waals surface area (Å²) in [7, 11) is 0. The molecule has 1 aromatic carbocycles. The summed E-state index contributed by atoms with van der Waals surface area (Å²) in [5, 5.41) is 12.1. The van der Waals surface area contributed by atoms with Gasteiger partial charge in [-0.2, -0.15) is 5.26 Å². The van der Waals surface area contributed by atoms with Gasteiger partial charge in [0.05, 0.1) is 12.0 Å². The van der Waals surface area contributed by atoms with Crippen LogP contribution in [0, 0.1) is 17.2 Å². The molecule has 0 fully saturated rings. The number of rotatable bonds is 7. The smallest absolute Gasteiger partial charge is 0.0666 e. The number of hydrogen-bond donors (Lipinski definition) is 1. The lowest BCUT2D eigenvalue weighted by Crippen LogP contribution is -2.23. The predicted molar refractivity (Wildman–Crippen MR) is 76.2 cm³/mol. The molecular formula is C16H24N2. The molecule has 0 heterocycles. The molecule has 0 bridgehead atoms. The Labute approximate surface area is 111 Å². The lowest BCUT2D eigenvalue weighted by Gasteiger charge is -2.15. The minimum Gasteiger partial charge on any atom is -0.309 e. The SMILES string of the molecule is CCCCc1ccc(C(C)NCC(C)C#N)cc1. The number of benzene rings is 1. The zero-order chi connectivity index (χ0) is 13.4. The minimum absolute atomic E-state index is 0.0660. The average Bonchev–Trinajstić information content (AvgIpc) is 2.42. The number of nitrogens with one attached hydrogen (secondary N) is 1. The lowest BCUT2D eigenvalue weighted by atomic mass is 10.0. The summed E-state index contributed by atoms with van der Waals surface area (Å²) < 4.78 is 0. The van der Waals surface area contributed by atoms with Gasteiger partial charge >= 0.3 is 0 Å². The van der Waals surface area contributed by atoms with Gasteiger partial charge in [-0.3, -0.25) is 0 Å². The van der Waals surface area contributed by atoms with E-state index in [0.717, 1.165) is 6.54 Å². The maximum Gasteiger partial charge on any atom is 0.0666 e. The molecule has 1 rings (SSSR count). The first-order chi connectivity index (χ1) is 8.67. The Kier molecular flexibility index (Phi) is 6.46. The third-order valence-electron chi connectivity index (χ3n) is 3.25.